The zero-order valence-electron chi connectivity index (χ0n) is 19.0. The summed E-state index contributed by atoms with van der Waals surface area (Å²) in [7, 11) is 0. The minimum absolute atomic E-state index is 0.0974. The second-order valence-corrected chi connectivity index (χ2v) is 8.53. The van der Waals surface area contributed by atoms with Crippen LogP contribution in [0.5, 0.6) is 0 Å². The van der Waals surface area contributed by atoms with Gasteiger partial charge in [-0.1, -0.05) is 12.1 Å². The van der Waals surface area contributed by atoms with E-state index in [9.17, 15) is 9.59 Å². The molecule has 7 nitrogen and oxygen atoms in total. The predicted molar refractivity (Wildman–Crippen MR) is 132 cm³/mol. The van der Waals surface area contributed by atoms with Crippen molar-refractivity contribution in [1.82, 2.24) is 9.97 Å². The van der Waals surface area contributed by atoms with E-state index in [-0.39, 0.29) is 11.7 Å². The molecule has 1 aromatic heterocycles. The number of Topliss-reactive ketones (excluding diaryl/α,β-unsaturated/α-hetero) is 1. The molecule has 1 amide bonds. The molecule has 7 heteroatoms. The first kappa shape index (κ1) is 22.5. The molecule has 4 rings (SSSR count). The van der Waals surface area contributed by atoms with Gasteiger partial charge >= 0.3 is 0 Å². The quantitative estimate of drug-likeness (QED) is 0.532. The first-order valence-electron chi connectivity index (χ1n) is 11.3. The Morgan fingerprint density at radius 3 is 2.24 bits per heavy atom. The van der Waals surface area contributed by atoms with Gasteiger partial charge in [-0.3, -0.25) is 4.79 Å². The molecule has 1 fully saturated rings. The molecular weight excluding hydrogens is 414 g/mol. The number of hydrogen-bond acceptors (Lipinski definition) is 6. The summed E-state index contributed by atoms with van der Waals surface area (Å²) < 4.78 is 0. The van der Waals surface area contributed by atoms with Crippen LogP contribution in [0.25, 0.3) is 11.3 Å². The maximum atomic E-state index is 11.4. The van der Waals surface area contributed by atoms with Gasteiger partial charge in [0.15, 0.2) is 0 Å². The Labute approximate surface area is 194 Å². The minimum Gasteiger partial charge on any atom is -0.372 e. The van der Waals surface area contributed by atoms with E-state index in [1.807, 2.05) is 42.5 Å². The Balaban J connectivity index is 1.38. The lowest BCUT2D eigenvalue weighted by atomic mass is 9.92. The van der Waals surface area contributed by atoms with Crippen LogP contribution in [0, 0.1) is 5.92 Å². The van der Waals surface area contributed by atoms with Crippen molar-refractivity contribution in [3.05, 3.63) is 60.8 Å². The molecule has 170 valence electrons. The van der Waals surface area contributed by atoms with Crippen LogP contribution in [0.3, 0.4) is 0 Å². The zero-order valence-corrected chi connectivity index (χ0v) is 19.0. The van der Waals surface area contributed by atoms with Gasteiger partial charge in [-0.05, 0) is 68.1 Å². The van der Waals surface area contributed by atoms with E-state index in [0.29, 0.717) is 18.3 Å². The number of nitrogens with one attached hydrogen (secondary N) is 2. The number of anilines is 4. The Bertz CT molecular complexity index is 1100. The summed E-state index contributed by atoms with van der Waals surface area (Å²) in [5.41, 5.74) is 4.60. The van der Waals surface area contributed by atoms with Crippen molar-refractivity contribution in [3.8, 4) is 11.3 Å². The van der Waals surface area contributed by atoms with Gasteiger partial charge in [0.25, 0.3) is 0 Å². The molecule has 0 radical (unpaired) electrons. The van der Waals surface area contributed by atoms with Crippen LogP contribution in [0.15, 0.2) is 60.8 Å². The molecule has 3 aromatic rings. The van der Waals surface area contributed by atoms with Crippen LogP contribution in [-0.2, 0) is 9.59 Å². The van der Waals surface area contributed by atoms with Gasteiger partial charge < -0.3 is 20.3 Å². The zero-order chi connectivity index (χ0) is 23.2. The van der Waals surface area contributed by atoms with Crippen molar-refractivity contribution in [2.45, 2.75) is 33.1 Å². The largest absolute Gasteiger partial charge is 0.372 e. The van der Waals surface area contributed by atoms with Crippen molar-refractivity contribution in [2.24, 2.45) is 5.92 Å². The third-order valence-electron chi connectivity index (χ3n) is 5.84. The number of aromatic nitrogens is 2. The average molecular weight is 444 g/mol. The summed E-state index contributed by atoms with van der Waals surface area (Å²) in [6.07, 6.45) is 4.55. The fourth-order valence-corrected chi connectivity index (χ4v) is 4.19. The van der Waals surface area contributed by atoms with E-state index in [1.54, 1.807) is 13.1 Å². The van der Waals surface area contributed by atoms with Crippen molar-refractivity contribution in [3.63, 3.8) is 0 Å². The molecule has 33 heavy (non-hydrogen) atoms. The van der Waals surface area contributed by atoms with Gasteiger partial charge in [-0.15, -0.1) is 0 Å². The highest BCUT2D eigenvalue weighted by Gasteiger charge is 2.20. The van der Waals surface area contributed by atoms with E-state index in [0.717, 1.165) is 48.6 Å². The summed E-state index contributed by atoms with van der Waals surface area (Å²) in [4.78, 5) is 33.9. The van der Waals surface area contributed by atoms with Gasteiger partial charge in [0.2, 0.25) is 11.9 Å². The highest BCUT2D eigenvalue weighted by Crippen LogP contribution is 2.27. The minimum atomic E-state index is -0.0974. The fraction of sp³-hybridized carbons (Fsp3) is 0.308. The molecule has 0 atom stereocenters. The highest BCUT2D eigenvalue weighted by atomic mass is 16.1. The standard InChI is InChI=1S/C26H29N5O2/c1-18(32)17-20-12-15-31(16-13-20)24-9-7-23(8-10-24)29-26-27-14-11-25(30-26)21-3-5-22(6-4-21)28-19(2)33/h3-11,14,20H,12-13,15-17H2,1-2H3,(H,28,33)(H,27,29,30). The van der Waals surface area contributed by atoms with Crippen LogP contribution in [0.4, 0.5) is 23.0 Å². The Morgan fingerprint density at radius 2 is 1.61 bits per heavy atom. The van der Waals surface area contributed by atoms with Crippen LogP contribution < -0.4 is 15.5 Å². The molecule has 1 aliphatic heterocycles. The van der Waals surface area contributed by atoms with E-state index in [1.165, 1.54) is 12.6 Å². The molecule has 2 aromatic carbocycles. The summed E-state index contributed by atoms with van der Waals surface area (Å²) in [5.74, 6) is 1.24. The van der Waals surface area contributed by atoms with Crippen LogP contribution in [-0.4, -0.2) is 34.7 Å². The van der Waals surface area contributed by atoms with Crippen LogP contribution in [0.1, 0.15) is 33.1 Å². The summed E-state index contributed by atoms with van der Waals surface area (Å²) in [5, 5.41) is 6.04. The second-order valence-electron chi connectivity index (χ2n) is 8.53. The maximum Gasteiger partial charge on any atom is 0.227 e. The van der Waals surface area contributed by atoms with E-state index >= 15 is 0 Å². The highest BCUT2D eigenvalue weighted by molar-refractivity contribution is 5.88. The molecule has 0 aliphatic carbocycles. The molecule has 0 saturated carbocycles. The maximum absolute atomic E-state index is 11.4. The van der Waals surface area contributed by atoms with E-state index < -0.39 is 0 Å². The Kier molecular flexibility index (Phi) is 6.98. The summed E-state index contributed by atoms with van der Waals surface area (Å²) in [6.45, 7) is 5.13. The first-order chi connectivity index (χ1) is 16.0. The third kappa shape index (κ3) is 6.16. The van der Waals surface area contributed by atoms with Gasteiger partial charge in [0.05, 0.1) is 5.69 Å². The van der Waals surface area contributed by atoms with Crippen molar-refractivity contribution < 1.29 is 9.59 Å². The van der Waals surface area contributed by atoms with Crippen molar-refractivity contribution in [2.75, 3.05) is 28.6 Å². The molecule has 1 saturated heterocycles. The summed E-state index contributed by atoms with van der Waals surface area (Å²) >= 11 is 0. The van der Waals surface area contributed by atoms with Gasteiger partial charge in [-0.25, -0.2) is 9.97 Å². The molecule has 0 unspecified atom stereocenters. The van der Waals surface area contributed by atoms with Crippen LogP contribution >= 0.6 is 0 Å². The summed E-state index contributed by atoms with van der Waals surface area (Å²) in [6, 6.07) is 17.7. The van der Waals surface area contributed by atoms with Gasteiger partial charge in [0, 0.05) is 55.3 Å². The molecular formula is C26H29N5O2. The monoisotopic (exact) mass is 443 g/mol. The van der Waals surface area contributed by atoms with Gasteiger partial charge in [0.1, 0.15) is 5.78 Å². The van der Waals surface area contributed by atoms with E-state index in [2.05, 4.69) is 37.6 Å². The fourth-order valence-electron chi connectivity index (χ4n) is 4.19. The number of rotatable bonds is 7. The number of carbonyl (C=O) groups is 2. The lowest BCUT2D eigenvalue weighted by Gasteiger charge is -2.33. The molecule has 2 N–H and O–H groups in total. The molecule has 0 spiro atoms. The molecule has 2 heterocycles. The molecule has 0 bridgehead atoms. The number of nitrogens with zero attached hydrogens (tertiary/aromatic N) is 3. The predicted octanol–water partition coefficient (Wildman–Crippen LogP) is 5.04. The Hall–Kier alpha value is -3.74. The lowest BCUT2D eigenvalue weighted by Crippen LogP contribution is -2.34. The average Bonchev–Trinajstić information content (AvgIpc) is 2.80. The normalized spacial score (nSPS) is 14.1. The first-order valence-corrected chi connectivity index (χ1v) is 11.3. The number of piperidine rings is 1. The van der Waals surface area contributed by atoms with Crippen molar-refractivity contribution in [1.29, 1.82) is 0 Å². The third-order valence-corrected chi connectivity index (χ3v) is 5.84. The molecule has 1 aliphatic rings. The topological polar surface area (TPSA) is 87.2 Å². The van der Waals surface area contributed by atoms with Crippen LogP contribution in [0.2, 0.25) is 0 Å². The van der Waals surface area contributed by atoms with E-state index in [4.69, 9.17) is 0 Å². The van der Waals surface area contributed by atoms with Gasteiger partial charge in [-0.2, -0.15) is 0 Å². The number of ketones is 1. The number of benzene rings is 2. The SMILES string of the molecule is CC(=O)CC1CCN(c2ccc(Nc3nccc(-c4ccc(NC(C)=O)cc4)n3)cc2)CC1. The number of hydrogen-bond donors (Lipinski definition) is 2. The number of carbonyl (C=O) groups excluding carboxylic acids is 2. The van der Waals surface area contributed by atoms with Crippen molar-refractivity contribution >= 4 is 34.7 Å². The lowest BCUT2D eigenvalue weighted by molar-refractivity contribution is -0.118. The Morgan fingerprint density at radius 1 is 0.939 bits per heavy atom. The number of amides is 1. The second kappa shape index (κ2) is 10.3. The smallest absolute Gasteiger partial charge is 0.227 e.